The Bertz CT molecular complexity index is 915. The molecule has 0 bridgehead atoms. The fourth-order valence-corrected chi connectivity index (χ4v) is 3.22. The lowest BCUT2D eigenvalue weighted by molar-refractivity contribution is 0.0951. The molecule has 0 aliphatic heterocycles. The lowest BCUT2D eigenvalue weighted by Crippen LogP contribution is -2.23. The summed E-state index contributed by atoms with van der Waals surface area (Å²) in [5.74, 6) is -0.489. The number of aromatic hydroxyl groups is 1. The van der Waals surface area contributed by atoms with Gasteiger partial charge in [-0.05, 0) is 29.3 Å². The number of carbonyl (C=O) groups excluding carboxylic acids is 1. The van der Waals surface area contributed by atoms with Crippen molar-refractivity contribution < 1.29 is 9.90 Å². The third-order valence-electron chi connectivity index (χ3n) is 3.92. The summed E-state index contributed by atoms with van der Waals surface area (Å²) in [6.07, 6.45) is 0. The molecule has 0 unspecified atom stereocenters. The van der Waals surface area contributed by atoms with Crippen molar-refractivity contribution >= 4 is 40.7 Å². The fourth-order valence-electron chi connectivity index (χ4n) is 2.51. The predicted octanol–water partition coefficient (Wildman–Crippen LogP) is 5.95. The van der Waals surface area contributed by atoms with Crippen LogP contribution in [0.2, 0.25) is 15.1 Å². The molecule has 0 radical (unpaired) electrons. The highest BCUT2D eigenvalue weighted by Gasteiger charge is 2.16. The smallest absolute Gasteiger partial charge is 0.251 e. The summed E-state index contributed by atoms with van der Waals surface area (Å²) in [7, 11) is 0. The first-order valence-electron chi connectivity index (χ1n) is 7.76. The van der Waals surface area contributed by atoms with E-state index in [0.29, 0.717) is 5.56 Å². The van der Waals surface area contributed by atoms with Gasteiger partial charge >= 0.3 is 0 Å². The number of amides is 1. The van der Waals surface area contributed by atoms with Gasteiger partial charge in [0.25, 0.3) is 5.91 Å². The summed E-state index contributed by atoms with van der Waals surface area (Å²) in [6.45, 7) is 0.00418. The summed E-state index contributed by atoms with van der Waals surface area (Å²) in [4.78, 5) is 12.4. The molecule has 3 aromatic carbocycles. The number of nitrogens with one attached hydrogen (secondary N) is 1. The largest absolute Gasteiger partial charge is 0.506 e. The minimum atomic E-state index is -0.295. The second kappa shape index (κ2) is 8.00. The minimum Gasteiger partial charge on any atom is -0.506 e. The van der Waals surface area contributed by atoms with Crippen LogP contribution in [0.25, 0.3) is 11.1 Å². The maximum absolute atomic E-state index is 12.4. The number of benzene rings is 3. The molecule has 0 aromatic heterocycles. The van der Waals surface area contributed by atoms with E-state index in [9.17, 15) is 9.90 Å². The van der Waals surface area contributed by atoms with Crippen molar-refractivity contribution in [3.05, 3.63) is 86.9 Å². The first-order chi connectivity index (χ1) is 12.5. The molecule has 0 saturated heterocycles. The van der Waals surface area contributed by atoms with E-state index < -0.39 is 0 Å². The predicted molar refractivity (Wildman–Crippen MR) is 106 cm³/mol. The average Bonchev–Trinajstić information content (AvgIpc) is 2.67. The van der Waals surface area contributed by atoms with Crippen molar-refractivity contribution in [1.29, 1.82) is 0 Å². The molecule has 0 saturated carbocycles. The summed E-state index contributed by atoms with van der Waals surface area (Å²) >= 11 is 17.9. The first-order valence-corrected chi connectivity index (χ1v) is 8.90. The SMILES string of the molecule is O=C(NCc1c(O)c(Cl)cc(Cl)c1Cl)c1ccc(-c2ccccc2)cc1. The lowest BCUT2D eigenvalue weighted by atomic mass is 10.0. The number of hydrogen-bond donors (Lipinski definition) is 2. The van der Waals surface area contributed by atoms with E-state index in [2.05, 4.69) is 5.32 Å². The van der Waals surface area contributed by atoms with Gasteiger partial charge in [-0.1, -0.05) is 77.3 Å². The van der Waals surface area contributed by atoms with Crippen LogP contribution in [-0.2, 0) is 6.54 Å². The summed E-state index contributed by atoms with van der Waals surface area (Å²) in [5, 5.41) is 13.2. The molecule has 0 aliphatic rings. The van der Waals surface area contributed by atoms with E-state index in [1.165, 1.54) is 6.07 Å². The Morgan fingerprint density at radius 2 is 1.50 bits per heavy atom. The normalized spacial score (nSPS) is 10.6. The Morgan fingerprint density at radius 3 is 2.15 bits per heavy atom. The summed E-state index contributed by atoms with van der Waals surface area (Å²) in [6, 6.07) is 18.5. The quantitative estimate of drug-likeness (QED) is 0.526. The van der Waals surface area contributed by atoms with Crippen molar-refractivity contribution in [2.24, 2.45) is 0 Å². The average molecular weight is 407 g/mol. The number of hydrogen-bond acceptors (Lipinski definition) is 2. The van der Waals surface area contributed by atoms with Crippen LogP contribution >= 0.6 is 34.8 Å². The maximum Gasteiger partial charge on any atom is 0.251 e. The molecule has 0 aliphatic carbocycles. The minimum absolute atomic E-state index is 0.00418. The van der Waals surface area contributed by atoms with Gasteiger partial charge in [0.05, 0.1) is 15.1 Å². The molecule has 3 rings (SSSR count). The number of phenols is 1. The topological polar surface area (TPSA) is 49.3 Å². The van der Waals surface area contributed by atoms with Crippen molar-refractivity contribution in [3.63, 3.8) is 0 Å². The zero-order chi connectivity index (χ0) is 18.7. The lowest BCUT2D eigenvalue weighted by Gasteiger charge is -2.12. The van der Waals surface area contributed by atoms with Crippen molar-refractivity contribution in [2.45, 2.75) is 6.54 Å². The molecule has 1 amide bonds. The van der Waals surface area contributed by atoms with Crippen LogP contribution in [-0.4, -0.2) is 11.0 Å². The van der Waals surface area contributed by atoms with Crippen LogP contribution in [0.4, 0.5) is 0 Å². The van der Waals surface area contributed by atoms with Gasteiger partial charge in [-0.3, -0.25) is 4.79 Å². The number of rotatable bonds is 4. The van der Waals surface area contributed by atoms with E-state index in [4.69, 9.17) is 34.8 Å². The van der Waals surface area contributed by atoms with Gasteiger partial charge in [-0.15, -0.1) is 0 Å². The molecule has 0 fully saturated rings. The van der Waals surface area contributed by atoms with E-state index in [0.717, 1.165) is 11.1 Å². The molecule has 26 heavy (non-hydrogen) atoms. The second-order valence-electron chi connectivity index (χ2n) is 5.61. The zero-order valence-corrected chi connectivity index (χ0v) is 15.7. The van der Waals surface area contributed by atoms with E-state index in [-0.39, 0.29) is 38.8 Å². The third kappa shape index (κ3) is 3.96. The first kappa shape index (κ1) is 18.6. The van der Waals surface area contributed by atoms with Crippen LogP contribution in [0.15, 0.2) is 60.7 Å². The Labute approximate surface area is 166 Å². The molecule has 3 aromatic rings. The summed E-state index contributed by atoms with van der Waals surface area (Å²) < 4.78 is 0. The van der Waals surface area contributed by atoms with Crippen LogP contribution in [0.1, 0.15) is 15.9 Å². The van der Waals surface area contributed by atoms with Crippen molar-refractivity contribution in [1.82, 2.24) is 5.32 Å². The van der Waals surface area contributed by atoms with Crippen LogP contribution < -0.4 is 5.32 Å². The second-order valence-corrected chi connectivity index (χ2v) is 6.80. The summed E-state index contributed by atoms with van der Waals surface area (Å²) in [5.41, 5.74) is 2.86. The van der Waals surface area contributed by atoms with E-state index >= 15 is 0 Å². The number of phenolic OH excluding ortho intramolecular Hbond substituents is 1. The monoisotopic (exact) mass is 405 g/mol. The maximum atomic E-state index is 12.4. The van der Waals surface area contributed by atoms with Crippen molar-refractivity contribution in [3.8, 4) is 16.9 Å². The fraction of sp³-hybridized carbons (Fsp3) is 0.0500. The molecule has 0 atom stereocenters. The Hall–Kier alpha value is -2.20. The molecule has 0 spiro atoms. The molecule has 2 N–H and O–H groups in total. The molecule has 3 nitrogen and oxygen atoms in total. The van der Waals surface area contributed by atoms with Gasteiger partial charge < -0.3 is 10.4 Å². The molecule has 132 valence electrons. The molecule has 6 heteroatoms. The van der Waals surface area contributed by atoms with Gasteiger partial charge in [0, 0.05) is 17.7 Å². The number of halogens is 3. The highest BCUT2D eigenvalue weighted by Crippen LogP contribution is 2.38. The van der Waals surface area contributed by atoms with Gasteiger partial charge in [0.15, 0.2) is 0 Å². The molecule has 0 heterocycles. The zero-order valence-electron chi connectivity index (χ0n) is 13.5. The number of carbonyl (C=O) groups is 1. The Kier molecular flexibility index (Phi) is 5.72. The highest BCUT2D eigenvalue weighted by molar-refractivity contribution is 6.44. The van der Waals surface area contributed by atoms with Crippen LogP contribution in [0, 0.1) is 0 Å². The molecular formula is C20H14Cl3NO2. The third-order valence-corrected chi connectivity index (χ3v) is 5.03. The van der Waals surface area contributed by atoms with Crippen LogP contribution in [0.3, 0.4) is 0 Å². The van der Waals surface area contributed by atoms with Crippen LogP contribution in [0.5, 0.6) is 5.75 Å². The Balaban J connectivity index is 1.73. The molecular weight excluding hydrogens is 393 g/mol. The van der Waals surface area contributed by atoms with Crippen molar-refractivity contribution in [2.75, 3.05) is 0 Å². The van der Waals surface area contributed by atoms with E-state index in [1.807, 2.05) is 42.5 Å². The van der Waals surface area contributed by atoms with Gasteiger partial charge in [-0.25, -0.2) is 0 Å². The standard InChI is InChI=1S/C20H14Cl3NO2/c21-16-10-17(22)19(25)15(18(16)23)11-24-20(26)14-8-6-13(7-9-14)12-4-2-1-3-5-12/h1-10,25H,11H2,(H,24,26). The Morgan fingerprint density at radius 1 is 0.885 bits per heavy atom. The van der Waals surface area contributed by atoms with Gasteiger partial charge in [-0.2, -0.15) is 0 Å². The van der Waals surface area contributed by atoms with Gasteiger partial charge in [0.1, 0.15) is 5.75 Å². The highest BCUT2D eigenvalue weighted by atomic mass is 35.5. The van der Waals surface area contributed by atoms with E-state index in [1.54, 1.807) is 12.1 Å². The van der Waals surface area contributed by atoms with Gasteiger partial charge in [0.2, 0.25) is 0 Å².